The van der Waals surface area contributed by atoms with E-state index in [4.69, 9.17) is 14.5 Å². The Labute approximate surface area is 193 Å². The van der Waals surface area contributed by atoms with Gasteiger partial charge in [0.05, 0.1) is 12.3 Å². The normalized spacial score (nSPS) is 10.8. The average Bonchev–Trinajstić information content (AvgIpc) is 3.18. The quantitative estimate of drug-likeness (QED) is 0.165. The second kappa shape index (κ2) is 12.0. The van der Waals surface area contributed by atoms with E-state index in [2.05, 4.69) is 5.16 Å². The van der Waals surface area contributed by atoms with E-state index < -0.39 is 0 Å². The molecule has 3 rings (SSSR count). The Morgan fingerprint density at radius 2 is 1.70 bits per heavy atom. The summed E-state index contributed by atoms with van der Waals surface area (Å²) in [5, 5.41) is 12.5. The van der Waals surface area contributed by atoms with Gasteiger partial charge in [0.1, 0.15) is 11.5 Å². The van der Waals surface area contributed by atoms with Gasteiger partial charge >= 0.3 is 0 Å². The third-order valence-corrected chi connectivity index (χ3v) is 5.47. The van der Waals surface area contributed by atoms with Crippen LogP contribution in [0.4, 0.5) is 0 Å². The van der Waals surface area contributed by atoms with Gasteiger partial charge < -0.3 is 9.26 Å². The van der Waals surface area contributed by atoms with Gasteiger partial charge in [0.15, 0.2) is 5.78 Å². The van der Waals surface area contributed by atoms with Crippen LogP contribution in [0.1, 0.15) is 65.9 Å². The minimum atomic E-state index is -0.350. The van der Waals surface area contributed by atoms with E-state index in [1.165, 1.54) is 0 Å². The van der Waals surface area contributed by atoms with Crippen LogP contribution in [0.5, 0.6) is 5.75 Å². The third-order valence-electron chi connectivity index (χ3n) is 5.47. The molecule has 1 amide bonds. The van der Waals surface area contributed by atoms with Crippen molar-refractivity contribution in [3.63, 3.8) is 0 Å². The Kier molecular flexibility index (Phi) is 8.78. The maximum absolute atomic E-state index is 13.1. The van der Waals surface area contributed by atoms with E-state index in [0.29, 0.717) is 35.7 Å². The summed E-state index contributed by atoms with van der Waals surface area (Å²) in [6.45, 7) is 4.26. The summed E-state index contributed by atoms with van der Waals surface area (Å²) in [5.74, 6) is 0.905. The number of hydroxylamine groups is 1. The Morgan fingerprint density at radius 1 is 0.970 bits per heavy atom. The number of aryl methyl sites for hydroxylation is 2. The van der Waals surface area contributed by atoms with Crippen molar-refractivity contribution in [1.29, 1.82) is 0 Å². The Bertz CT molecular complexity index is 1060. The monoisotopic (exact) mass is 450 g/mol. The molecule has 0 aliphatic heterocycles. The maximum atomic E-state index is 13.1. The number of rotatable bonds is 12. The van der Waals surface area contributed by atoms with Crippen LogP contribution in [0.15, 0.2) is 53.1 Å². The summed E-state index contributed by atoms with van der Waals surface area (Å²) in [6, 6.07) is 14.7. The zero-order valence-electron chi connectivity index (χ0n) is 19.1. The zero-order chi connectivity index (χ0) is 23.6. The first-order valence-corrected chi connectivity index (χ1v) is 11.2. The zero-order valence-corrected chi connectivity index (χ0v) is 19.1. The smallest absolute Gasteiger partial charge is 0.243 e. The van der Waals surface area contributed by atoms with Crippen LogP contribution in [0.3, 0.4) is 0 Å². The van der Waals surface area contributed by atoms with E-state index in [1.807, 2.05) is 44.2 Å². The first-order chi connectivity index (χ1) is 16.0. The minimum absolute atomic E-state index is 0.0685. The van der Waals surface area contributed by atoms with Crippen molar-refractivity contribution in [2.75, 3.05) is 6.61 Å². The van der Waals surface area contributed by atoms with Crippen LogP contribution in [0, 0.1) is 13.8 Å². The summed E-state index contributed by atoms with van der Waals surface area (Å²) in [4.78, 5) is 24.1. The fourth-order valence-corrected chi connectivity index (χ4v) is 3.77. The van der Waals surface area contributed by atoms with Crippen LogP contribution in [0.25, 0.3) is 11.1 Å². The van der Waals surface area contributed by atoms with Gasteiger partial charge in [-0.05, 0) is 50.5 Å². The summed E-state index contributed by atoms with van der Waals surface area (Å²) < 4.78 is 11.3. The number of nitrogens with zero attached hydrogens (tertiary/aromatic N) is 1. The van der Waals surface area contributed by atoms with Crippen LogP contribution in [-0.4, -0.2) is 28.7 Å². The molecule has 0 atom stereocenters. The highest BCUT2D eigenvalue weighted by atomic mass is 16.5. The number of hydrogen-bond acceptors (Lipinski definition) is 6. The van der Waals surface area contributed by atoms with Crippen LogP contribution >= 0.6 is 0 Å². The molecule has 0 radical (unpaired) electrons. The Hall–Kier alpha value is -3.45. The van der Waals surface area contributed by atoms with Crippen molar-refractivity contribution in [2.24, 2.45) is 0 Å². The van der Waals surface area contributed by atoms with Crippen molar-refractivity contribution >= 4 is 11.7 Å². The van der Waals surface area contributed by atoms with Gasteiger partial charge in [-0.25, -0.2) is 5.48 Å². The maximum Gasteiger partial charge on any atom is 0.243 e. The molecule has 1 aromatic heterocycles. The lowest BCUT2D eigenvalue weighted by atomic mass is 9.97. The molecule has 2 N–H and O–H groups in total. The standard InChI is InChI=1S/C26H30N2O5/c1-18-25(19(2)33-28-18)21-15-22(26(30)20-11-7-6-8-12-20)17-23(16-21)32-14-10-5-3-4-9-13-24(29)27-31/h6-8,11-12,15-17,31H,3-5,9-10,13-14H2,1-2H3,(H,27,29). The van der Waals surface area contributed by atoms with Gasteiger partial charge in [0.25, 0.3) is 0 Å². The molecule has 1 heterocycles. The second-order valence-corrected chi connectivity index (χ2v) is 8.04. The molecular weight excluding hydrogens is 420 g/mol. The highest BCUT2D eigenvalue weighted by Crippen LogP contribution is 2.32. The number of unbranched alkanes of at least 4 members (excludes halogenated alkanes) is 4. The number of ether oxygens (including phenoxy) is 1. The molecule has 7 nitrogen and oxygen atoms in total. The molecular formula is C26H30N2O5. The van der Waals surface area contributed by atoms with Crippen molar-refractivity contribution in [2.45, 2.75) is 52.4 Å². The molecule has 0 saturated carbocycles. The summed E-state index contributed by atoms with van der Waals surface area (Å²) in [7, 11) is 0. The molecule has 0 unspecified atom stereocenters. The van der Waals surface area contributed by atoms with Crippen molar-refractivity contribution in [3.05, 3.63) is 71.1 Å². The Balaban J connectivity index is 1.67. The molecule has 33 heavy (non-hydrogen) atoms. The summed E-state index contributed by atoms with van der Waals surface area (Å²) >= 11 is 0. The summed E-state index contributed by atoms with van der Waals surface area (Å²) in [6.07, 6.45) is 4.82. The van der Waals surface area contributed by atoms with Gasteiger partial charge in [0.2, 0.25) is 5.91 Å². The molecule has 0 saturated heterocycles. The average molecular weight is 451 g/mol. The van der Waals surface area contributed by atoms with Crippen LogP contribution in [-0.2, 0) is 4.79 Å². The van der Waals surface area contributed by atoms with E-state index in [0.717, 1.165) is 48.9 Å². The minimum Gasteiger partial charge on any atom is -0.494 e. The van der Waals surface area contributed by atoms with Gasteiger partial charge in [-0.1, -0.05) is 54.8 Å². The first-order valence-electron chi connectivity index (χ1n) is 11.2. The van der Waals surface area contributed by atoms with Crippen molar-refractivity contribution in [1.82, 2.24) is 10.6 Å². The van der Waals surface area contributed by atoms with Crippen molar-refractivity contribution < 1.29 is 24.1 Å². The number of carbonyl (C=O) groups is 2. The third kappa shape index (κ3) is 6.76. The number of benzene rings is 2. The number of nitrogens with one attached hydrogen (secondary N) is 1. The lowest BCUT2D eigenvalue weighted by Gasteiger charge is -2.11. The van der Waals surface area contributed by atoms with E-state index >= 15 is 0 Å². The van der Waals surface area contributed by atoms with E-state index in [-0.39, 0.29) is 11.7 Å². The molecule has 3 aromatic rings. The number of hydrogen-bond donors (Lipinski definition) is 2. The molecule has 0 bridgehead atoms. The number of ketones is 1. The number of aromatic nitrogens is 1. The molecule has 174 valence electrons. The van der Waals surface area contributed by atoms with Crippen LogP contribution < -0.4 is 10.2 Å². The Morgan fingerprint density at radius 3 is 2.39 bits per heavy atom. The molecule has 0 fully saturated rings. The SMILES string of the molecule is Cc1noc(C)c1-c1cc(OCCCCCCCC(=O)NO)cc(C(=O)c2ccccc2)c1. The van der Waals surface area contributed by atoms with Crippen LogP contribution in [0.2, 0.25) is 0 Å². The lowest BCUT2D eigenvalue weighted by Crippen LogP contribution is -2.17. The predicted molar refractivity (Wildman–Crippen MR) is 124 cm³/mol. The van der Waals surface area contributed by atoms with Gasteiger partial charge in [-0.2, -0.15) is 0 Å². The van der Waals surface area contributed by atoms with Gasteiger partial charge in [-0.3, -0.25) is 14.8 Å². The molecule has 0 aliphatic rings. The highest BCUT2D eigenvalue weighted by molar-refractivity contribution is 6.09. The molecule has 0 aliphatic carbocycles. The lowest BCUT2D eigenvalue weighted by molar-refractivity contribution is -0.129. The molecule has 7 heteroatoms. The molecule has 0 spiro atoms. The predicted octanol–water partition coefficient (Wildman–Crippen LogP) is 5.41. The van der Waals surface area contributed by atoms with Gasteiger partial charge in [0, 0.05) is 23.1 Å². The fraction of sp³-hybridized carbons (Fsp3) is 0.346. The topological polar surface area (TPSA) is 102 Å². The van der Waals surface area contributed by atoms with Crippen molar-refractivity contribution in [3.8, 4) is 16.9 Å². The second-order valence-electron chi connectivity index (χ2n) is 8.04. The summed E-state index contributed by atoms with van der Waals surface area (Å²) in [5.41, 5.74) is 5.29. The number of carbonyl (C=O) groups excluding carboxylic acids is 2. The van der Waals surface area contributed by atoms with E-state index in [1.54, 1.807) is 23.7 Å². The van der Waals surface area contributed by atoms with Gasteiger partial charge in [-0.15, -0.1) is 0 Å². The fourth-order valence-electron chi connectivity index (χ4n) is 3.77. The molecule has 2 aromatic carbocycles. The largest absolute Gasteiger partial charge is 0.494 e. The highest BCUT2D eigenvalue weighted by Gasteiger charge is 2.17. The first kappa shape index (κ1) is 24.2. The number of amides is 1. The van der Waals surface area contributed by atoms with E-state index in [9.17, 15) is 9.59 Å².